The second-order valence-electron chi connectivity index (χ2n) is 5.37. The first-order valence-corrected chi connectivity index (χ1v) is 7.33. The number of benzene rings is 1. The van der Waals surface area contributed by atoms with Crippen LogP contribution in [0.3, 0.4) is 0 Å². The van der Waals surface area contributed by atoms with Gasteiger partial charge in [-0.15, -0.1) is 0 Å². The lowest BCUT2D eigenvalue weighted by Gasteiger charge is -2.10. The van der Waals surface area contributed by atoms with Crippen LogP contribution < -0.4 is 0 Å². The number of hydrogen-bond acceptors (Lipinski definition) is 4. The summed E-state index contributed by atoms with van der Waals surface area (Å²) < 4.78 is 10.1. The van der Waals surface area contributed by atoms with E-state index in [4.69, 9.17) is 16.4 Å². The molecule has 0 aromatic heterocycles. The summed E-state index contributed by atoms with van der Waals surface area (Å²) in [4.78, 5) is 22.7. The molecule has 2 radical (unpaired) electrons. The molecule has 1 aromatic carbocycles. The summed E-state index contributed by atoms with van der Waals surface area (Å²) in [6.45, 7) is 16.7. The molecule has 4 nitrogen and oxygen atoms in total. The Balaban J connectivity index is 2.54. The van der Waals surface area contributed by atoms with Crippen LogP contribution in [-0.4, -0.2) is 25.2 Å². The van der Waals surface area contributed by atoms with Gasteiger partial charge in [0.2, 0.25) is 0 Å². The van der Waals surface area contributed by atoms with E-state index in [1.165, 1.54) is 0 Å². The number of carbonyl (C=O) groups is 2. The molecular formula is C19H22O4. The van der Waals surface area contributed by atoms with Crippen LogP contribution in [0.15, 0.2) is 42.5 Å². The lowest BCUT2D eigenvalue weighted by Crippen LogP contribution is -2.10. The molecule has 0 bridgehead atoms. The number of esters is 2. The standard InChI is InChI=1S/C19H22O4/c1-13(2)18(20)22-10-8-16-7-6-15(5)17(12-16)9-11-23-19(21)14(3)4/h5-7,12H,1,3,8-11H2,2,4H3. The zero-order valence-electron chi connectivity index (χ0n) is 13.7. The minimum atomic E-state index is -0.411. The molecule has 1 rings (SSSR count). The Kier molecular flexibility index (Phi) is 7.26. The Morgan fingerprint density at radius 1 is 1.00 bits per heavy atom. The van der Waals surface area contributed by atoms with E-state index in [1.807, 2.05) is 12.1 Å². The summed E-state index contributed by atoms with van der Waals surface area (Å²) in [5.41, 5.74) is 3.27. The molecule has 23 heavy (non-hydrogen) atoms. The topological polar surface area (TPSA) is 52.6 Å². The smallest absolute Gasteiger partial charge is 0.333 e. The molecule has 0 aliphatic heterocycles. The second-order valence-corrected chi connectivity index (χ2v) is 5.37. The van der Waals surface area contributed by atoms with E-state index in [-0.39, 0.29) is 13.2 Å². The van der Waals surface area contributed by atoms with Crippen molar-refractivity contribution >= 4 is 11.9 Å². The number of hydrogen-bond donors (Lipinski definition) is 0. The highest BCUT2D eigenvalue weighted by molar-refractivity contribution is 5.87. The Morgan fingerprint density at radius 3 is 2.04 bits per heavy atom. The SMILES string of the molecule is [CH]c1ccc(CCOC(=O)C(=C)C)cc1CCOC(=O)C(=C)C. The van der Waals surface area contributed by atoms with Crippen LogP contribution in [0.2, 0.25) is 0 Å². The third kappa shape index (κ3) is 6.51. The molecular weight excluding hydrogens is 292 g/mol. The monoisotopic (exact) mass is 314 g/mol. The molecule has 0 fully saturated rings. The van der Waals surface area contributed by atoms with Crippen molar-refractivity contribution < 1.29 is 19.1 Å². The van der Waals surface area contributed by atoms with Gasteiger partial charge in [-0.1, -0.05) is 31.4 Å². The summed E-state index contributed by atoms with van der Waals surface area (Å²) in [7, 11) is 0. The van der Waals surface area contributed by atoms with E-state index >= 15 is 0 Å². The van der Waals surface area contributed by atoms with E-state index in [1.54, 1.807) is 19.9 Å². The van der Waals surface area contributed by atoms with Crippen LogP contribution in [0.4, 0.5) is 0 Å². The Hall–Kier alpha value is -2.36. The predicted molar refractivity (Wildman–Crippen MR) is 88.8 cm³/mol. The van der Waals surface area contributed by atoms with Crippen molar-refractivity contribution in [2.75, 3.05) is 13.2 Å². The van der Waals surface area contributed by atoms with Gasteiger partial charge in [-0.05, 0) is 37.5 Å². The van der Waals surface area contributed by atoms with Crippen molar-refractivity contribution in [3.63, 3.8) is 0 Å². The lowest BCUT2D eigenvalue weighted by molar-refractivity contribution is -0.139. The quantitative estimate of drug-likeness (QED) is 0.546. The maximum absolute atomic E-state index is 11.3. The van der Waals surface area contributed by atoms with E-state index in [0.717, 1.165) is 11.1 Å². The highest BCUT2D eigenvalue weighted by atomic mass is 16.5. The Morgan fingerprint density at radius 2 is 1.52 bits per heavy atom. The van der Waals surface area contributed by atoms with Gasteiger partial charge >= 0.3 is 11.9 Å². The average Bonchev–Trinajstić information content (AvgIpc) is 2.49. The van der Waals surface area contributed by atoms with Gasteiger partial charge in [0.05, 0.1) is 13.2 Å². The molecule has 0 atom stereocenters. The third-order valence-corrected chi connectivity index (χ3v) is 3.13. The van der Waals surface area contributed by atoms with E-state index in [9.17, 15) is 9.59 Å². The van der Waals surface area contributed by atoms with Crippen LogP contribution in [-0.2, 0) is 31.9 Å². The van der Waals surface area contributed by atoms with Crippen molar-refractivity contribution in [3.05, 3.63) is 66.1 Å². The van der Waals surface area contributed by atoms with Crippen molar-refractivity contribution in [1.82, 2.24) is 0 Å². The molecule has 0 aliphatic carbocycles. The summed E-state index contributed by atoms with van der Waals surface area (Å²) >= 11 is 0. The number of rotatable bonds is 8. The van der Waals surface area contributed by atoms with Gasteiger partial charge in [0.25, 0.3) is 0 Å². The van der Waals surface area contributed by atoms with Gasteiger partial charge < -0.3 is 9.47 Å². The maximum Gasteiger partial charge on any atom is 0.333 e. The maximum atomic E-state index is 11.3. The molecule has 0 N–H and O–H groups in total. The molecule has 0 aliphatic rings. The van der Waals surface area contributed by atoms with Crippen molar-refractivity contribution in [2.45, 2.75) is 26.7 Å². The van der Waals surface area contributed by atoms with E-state index < -0.39 is 11.9 Å². The molecule has 0 amide bonds. The fourth-order valence-corrected chi connectivity index (χ4v) is 1.79. The fourth-order valence-electron chi connectivity index (χ4n) is 1.79. The van der Waals surface area contributed by atoms with E-state index in [2.05, 4.69) is 13.2 Å². The van der Waals surface area contributed by atoms with E-state index in [0.29, 0.717) is 29.6 Å². The normalized spacial score (nSPS) is 10.0. The third-order valence-electron chi connectivity index (χ3n) is 3.13. The summed E-state index contributed by atoms with van der Waals surface area (Å²) in [6.07, 6.45) is 1.10. The first-order valence-electron chi connectivity index (χ1n) is 7.33. The average molecular weight is 314 g/mol. The highest BCUT2D eigenvalue weighted by Crippen LogP contribution is 2.13. The van der Waals surface area contributed by atoms with Gasteiger partial charge in [-0.25, -0.2) is 9.59 Å². The van der Waals surface area contributed by atoms with Crippen LogP contribution in [0, 0.1) is 6.92 Å². The molecule has 0 saturated carbocycles. The van der Waals surface area contributed by atoms with Crippen molar-refractivity contribution in [1.29, 1.82) is 0 Å². The molecule has 0 heterocycles. The van der Waals surface area contributed by atoms with Gasteiger partial charge in [0.1, 0.15) is 0 Å². The first-order chi connectivity index (χ1) is 10.8. The Labute approximate surface area is 137 Å². The molecule has 0 unspecified atom stereocenters. The van der Waals surface area contributed by atoms with Crippen molar-refractivity contribution in [2.24, 2.45) is 0 Å². The van der Waals surface area contributed by atoms with Crippen LogP contribution in [0.25, 0.3) is 0 Å². The van der Waals surface area contributed by atoms with Gasteiger partial charge in [0.15, 0.2) is 0 Å². The van der Waals surface area contributed by atoms with Gasteiger partial charge in [-0.3, -0.25) is 0 Å². The summed E-state index contributed by atoms with van der Waals surface area (Å²) in [5.74, 6) is -0.807. The summed E-state index contributed by atoms with van der Waals surface area (Å²) in [6, 6.07) is 5.61. The lowest BCUT2D eigenvalue weighted by atomic mass is 10.0. The number of carbonyl (C=O) groups excluding carboxylic acids is 2. The highest BCUT2D eigenvalue weighted by Gasteiger charge is 2.07. The first kappa shape index (κ1) is 18.7. The Bertz CT molecular complexity index is 614. The molecule has 122 valence electrons. The predicted octanol–water partition coefficient (Wildman–Crippen LogP) is 3.07. The van der Waals surface area contributed by atoms with Gasteiger partial charge in [-0.2, -0.15) is 0 Å². The van der Waals surface area contributed by atoms with Crippen LogP contribution >= 0.6 is 0 Å². The van der Waals surface area contributed by atoms with Crippen LogP contribution in [0.5, 0.6) is 0 Å². The number of ether oxygens (including phenoxy) is 2. The molecule has 0 spiro atoms. The zero-order valence-corrected chi connectivity index (χ0v) is 13.7. The largest absolute Gasteiger partial charge is 0.462 e. The van der Waals surface area contributed by atoms with Crippen molar-refractivity contribution in [3.8, 4) is 0 Å². The second kappa shape index (κ2) is 8.93. The summed E-state index contributed by atoms with van der Waals surface area (Å²) in [5, 5.41) is 0. The van der Waals surface area contributed by atoms with Crippen LogP contribution in [0.1, 0.15) is 30.5 Å². The fraction of sp³-hybridized carbons (Fsp3) is 0.316. The minimum Gasteiger partial charge on any atom is -0.462 e. The minimum absolute atomic E-state index is 0.240. The molecule has 0 saturated heterocycles. The van der Waals surface area contributed by atoms with Gasteiger partial charge in [0, 0.05) is 24.0 Å². The molecule has 4 heteroatoms. The zero-order chi connectivity index (χ0) is 17.4. The molecule has 1 aromatic rings.